The van der Waals surface area contributed by atoms with Gasteiger partial charge < -0.3 is 4.90 Å². The van der Waals surface area contributed by atoms with E-state index in [1.807, 2.05) is 6.07 Å². The topological polar surface area (TPSA) is 44.1 Å². The lowest BCUT2D eigenvalue weighted by molar-refractivity contribution is -0.114. The third-order valence-electron chi connectivity index (χ3n) is 1.29. The van der Waals surface area contributed by atoms with Crippen molar-refractivity contribution in [3.8, 4) is 6.07 Å². The average molecular weight is 164 g/mol. The molecule has 3 heteroatoms. The minimum Gasteiger partial charge on any atom is -0.341 e. The molecule has 0 unspecified atom stereocenters. The Balaban J connectivity index is 4.02. The molecule has 0 radical (unpaired) electrons. The highest BCUT2D eigenvalue weighted by Crippen LogP contribution is 1.91. The predicted octanol–water partition coefficient (Wildman–Crippen LogP) is 1.45. The maximum Gasteiger partial charge on any atom is 0.156 e. The second kappa shape index (κ2) is 6.17. The number of carbonyl (C=O) groups excluding carboxylic acids is 1. The largest absolute Gasteiger partial charge is 0.341 e. The maximum atomic E-state index is 10.8. The van der Waals surface area contributed by atoms with Crippen molar-refractivity contribution in [1.82, 2.24) is 4.90 Å². The molecule has 0 spiro atoms. The monoisotopic (exact) mass is 164 g/mol. The van der Waals surface area contributed by atoms with Crippen LogP contribution >= 0.6 is 0 Å². The maximum absolute atomic E-state index is 10.8. The van der Waals surface area contributed by atoms with Crippen molar-refractivity contribution in [2.24, 2.45) is 0 Å². The fraction of sp³-hybridized carbons (Fsp3) is 0.333. The van der Waals surface area contributed by atoms with E-state index < -0.39 is 0 Å². The molecule has 64 valence electrons. The van der Waals surface area contributed by atoms with Gasteiger partial charge in [0.05, 0.1) is 6.07 Å². The molecule has 0 aromatic rings. The van der Waals surface area contributed by atoms with Crippen LogP contribution < -0.4 is 0 Å². The predicted molar refractivity (Wildman–Crippen MR) is 47.0 cm³/mol. The Morgan fingerprint density at radius 3 is 2.83 bits per heavy atom. The van der Waals surface area contributed by atoms with Gasteiger partial charge in [0.25, 0.3) is 0 Å². The number of hydrogen-bond donors (Lipinski definition) is 0. The zero-order valence-corrected chi connectivity index (χ0v) is 7.16. The van der Waals surface area contributed by atoms with E-state index in [-0.39, 0.29) is 12.3 Å². The van der Waals surface area contributed by atoms with E-state index in [1.165, 1.54) is 12.3 Å². The van der Waals surface area contributed by atoms with Crippen LogP contribution in [0.5, 0.6) is 0 Å². The van der Waals surface area contributed by atoms with Crippen LogP contribution in [-0.2, 0) is 4.79 Å². The molecular weight excluding hydrogens is 152 g/mol. The van der Waals surface area contributed by atoms with Crippen molar-refractivity contribution in [1.29, 1.82) is 5.26 Å². The zero-order valence-electron chi connectivity index (χ0n) is 7.16. The molecular formula is C9H12N2O. The highest BCUT2D eigenvalue weighted by molar-refractivity contribution is 5.89. The summed E-state index contributed by atoms with van der Waals surface area (Å²) in [6.45, 7) is 5.50. The number of nitriles is 1. The summed E-state index contributed by atoms with van der Waals surface area (Å²) in [7, 11) is 0. The van der Waals surface area contributed by atoms with Gasteiger partial charge in [-0.2, -0.15) is 5.26 Å². The molecule has 0 saturated carbocycles. The molecule has 0 heterocycles. The van der Waals surface area contributed by atoms with Gasteiger partial charge in [0.15, 0.2) is 5.78 Å². The number of nitrogens with zero attached hydrogens (tertiary/aromatic N) is 2. The van der Waals surface area contributed by atoms with E-state index in [0.29, 0.717) is 6.42 Å². The molecule has 0 fully saturated rings. The summed E-state index contributed by atoms with van der Waals surface area (Å²) < 4.78 is 0. The third-order valence-corrected chi connectivity index (χ3v) is 1.29. The standard InChI is InChI=1S/C9H12N2O/c1-3-9(12)5-7-11(4-2)8-6-10/h4-5,7H,2-3,8H2,1H3/b7-5-. The lowest BCUT2D eigenvalue weighted by atomic mass is 10.3. The molecule has 0 aliphatic carbocycles. The normalized spacial score (nSPS) is 9.33. The van der Waals surface area contributed by atoms with Crippen LogP contribution in [0.1, 0.15) is 13.3 Å². The van der Waals surface area contributed by atoms with E-state index in [1.54, 1.807) is 18.0 Å². The Bertz CT molecular complexity index is 225. The quantitative estimate of drug-likeness (QED) is 0.456. The van der Waals surface area contributed by atoms with E-state index in [9.17, 15) is 4.79 Å². The molecule has 0 rings (SSSR count). The van der Waals surface area contributed by atoms with Gasteiger partial charge in [-0.1, -0.05) is 13.5 Å². The van der Waals surface area contributed by atoms with Crippen molar-refractivity contribution >= 4 is 5.78 Å². The second-order valence-corrected chi connectivity index (χ2v) is 2.15. The summed E-state index contributed by atoms with van der Waals surface area (Å²) in [4.78, 5) is 12.4. The Labute approximate surface area is 72.6 Å². The van der Waals surface area contributed by atoms with Crippen molar-refractivity contribution in [3.05, 3.63) is 25.1 Å². The van der Waals surface area contributed by atoms with Crippen molar-refractivity contribution in [3.63, 3.8) is 0 Å². The average Bonchev–Trinajstić information content (AvgIpc) is 2.11. The Morgan fingerprint density at radius 2 is 2.42 bits per heavy atom. The fourth-order valence-electron chi connectivity index (χ4n) is 0.556. The van der Waals surface area contributed by atoms with Gasteiger partial charge in [-0.15, -0.1) is 0 Å². The van der Waals surface area contributed by atoms with E-state index in [2.05, 4.69) is 6.58 Å². The van der Waals surface area contributed by atoms with Gasteiger partial charge in [-0.25, -0.2) is 0 Å². The Morgan fingerprint density at radius 1 is 1.75 bits per heavy atom. The Kier molecular flexibility index (Phi) is 5.37. The first-order valence-corrected chi connectivity index (χ1v) is 3.70. The SMILES string of the molecule is C=CN(/C=C\C(=O)CC)CC#N. The van der Waals surface area contributed by atoms with E-state index in [0.717, 1.165) is 0 Å². The Hall–Kier alpha value is -1.56. The van der Waals surface area contributed by atoms with Gasteiger partial charge in [0.1, 0.15) is 6.54 Å². The van der Waals surface area contributed by atoms with Crippen molar-refractivity contribution < 1.29 is 4.79 Å². The highest BCUT2D eigenvalue weighted by Gasteiger charge is 1.92. The minimum absolute atomic E-state index is 0.0415. The number of ketones is 1. The first-order valence-electron chi connectivity index (χ1n) is 3.70. The summed E-state index contributed by atoms with van der Waals surface area (Å²) in [5.41, 5.74) is 0. The van der Waals surface area contributed by atoms with Crippen LogP contribution in [0, 0.1) is 11.3 Å². The zero-order chi connectivity index (χ0) is 9.40. The van der Waals surface area contributed by atoms with E-state index in [4.69, 9.17) is 5.26 Å². The molecule has 0 aromatic carbocycles. The summed E-state index contributed by atoms with van der Waals surface area (Å²) in [5.74, 6) is 0.0415. The van der Waals surface area contributed by atoms with Gasteiger partial charge in [-0.05, 0) is 12.3 Å². The summed E-state index contributed by atoms with van der Waals surface area (Å²) >= 11 is 0. The number of allylic oxidation sites excluding steroid dienone is 1. The number of carbonyl (C=O) groups is 1. The lowest BCUT2D eigenvalue weighted by Crippen LogP contribution is -2.09. The van der Waals surface area contributed by atoms with Crippen LogP contribution in [0.15, 0.2) is 25.1 Å². The molecule has 0 saturated heterocycles. The molecule has 0 aliphatic rings. The smallest absolute Gasteiger partial charge is 0.156 e. The summed E-state index contributed by atoms with van der Waals surface area (Å²) in [6.07, 6.45) is 4.98. The first-order chi connectivity index (χ1) is 5.74. The molecule has 0 N–H and O–H groups in total. The highest BCUT2D eigenvalue weighted by atomic mass is 16.1. The summed E-state index contributed by atoms with van der Waals surface area (Å²) in [5, 5.41) is 8.33. The molecule has 0 bridgehead atoms. The molecule has 0 atom stereocenters. The fourth-order valence-corrected chi connectivity index (χ4v) is 0.556. The number of hydrogen-bond acceptors (Lipinski definition) is 3. The van der Waals surface area contributed by atoms with Gasteiger partial charge >= 0.3 is 0 Å². The molecule has 3 nitrogen and oxygen atoms in total. The lowest BCUT2D eigenvalue weighted by Gasteiger charge is -2.07. The van der Waals surface area contributed by atoms with Gasteiger partial charge in [0.2, 0.25) is 0 Å². The van der Waals surface area contributed by atoms with Crippen LogP contribution in [-0.4, -0.2) is 17.2 Å². The van der Waals surface area contributed by atoms with Gasteiger partial charge in [0, 0.05) is 12.6 Å². The number of rotatable bonds is 5. The minimum atomic E-state index is 0.0415. The molecule has 0 aliphatic heterocycles. The van der Waals surface area contributed by atoms with Crippen LogP contribution in [0.4, 0.5) is 0 Å². The van der Waals surface area contributed by atoms with Crippen LogP contribution in [0.2, 0.25) is 0 Å². The molecule has 0 aromatic heterocycles. The van der Waals surface area contributed by atoms with Crippen LogP contribution in [0.3, 0.4) is 0 Å². The molecule has 0 amide bonds. The second-order valence-electron chi connectivity index (χ2n) is 2.15. The van der Waals surface area contributed by atoms with Crippen molar-refractivity contribution in [2.75, 3.05) is 6.54 Å². The van der Waals surface area contributed by atoms with E-state index >= 15 is 0 Å². The third kappa shape index (κ3) is 4.29. The summed E-state index contributed by atoms with van der Waals surface area (Å²) in [6, 6.07) is 1.95. The van der Waals surface area contributed by atoms with Crippen LogP contribution in [0.25, 0.3) is 0 Å². The van der Waals surface area contributed by atoms with Gasteiger partial charge in [-0.3, -0.25) is 4.79 Å². The first kappa shape index (κ1) is 10.4. The molecule has 12 heavy (non-hydrogen) atoms. The van der Waals surface area contributed by atoms with Crippen molar-refractivity contribution in [2.45, 2.75) is 13.3 Å².